The third-order valence-corrected chi connectivity index (χ3v) is 2.89. The highest BCUT2D eigenvalue weighted by atomic mass is 35.5. The smallest absolute Gasteiger partial charge is 0.338 e. The number of aromatic nitrogens is 1. The summed E-state index contributed by atoms with van der Waals surface area (Å²) >= 11 is 11.8. The van der Waals surface area contributed by atoms with Gasteiger partial charge in [0.05, 0.1) is 17.2 Å². The van der Waals surface area contributed by atoms with Gasteiger partial charge in [0, 0.05) is 12.3 Å². The van der Waals surface area contributed by atoms with Gasteiger partial charge in [-0.15, -0.1) is 0 Å². The number of ether oxygens (including phenoxy) is 2. The van der Waals surface area contributed by atoms with Crippen molar-refractivity contribution in [2.75, 3.05) is 6.61 Å². The molecule has 1 heterocycles. The van der Waals surface area contributed by atoms with Crippen LogP contribution in [0, 0.1) is 0 Å². The van der Waals surface area contributed by atoms with Gasteiger partial charge < -0.3 is 9.47 Å². The molecule has 0 saturated carbocycles. The maximum absolute atomic E-state index is 11.7. The van der Waals surface area contributed by atoms with E-state index >= 15 is 0 Å². The standard InChI is InChI=1S/C14H11Cl2NO3/c1-2-19-14(18)9-3-4-11(15)12(7-9)20-10-5-6-17-13(16)8-10/h3-8H,2H2,1H3. The Kier molecular flexibility index (Phi) is 4.82. The summed E-state index contributed by atoms with van der Waals surface area (Å²) < 4.78 is 10.5. The molecule has 1 aromatic carbocycles. The largest absolute Gasteiger partial charge is 0.462 e. The van der Waals surface area contributed by atoms with Crippen LogP contribution in [0.25, 0.3) is 0 Å². The van der Waals surface area contributed by atoms with Gasteiger partial charge in [-0.25, -0.2) is 9.78 Å². The first-order valence-corrected chi connectivity index (χ1v) is 6.62. The lowest BCUT2D eigenvalue weighted by molar-refractivity contribution is 0.0526. The number of benzene rings is 1. The molecule has 2 rings (SSSR count). The number of carbonyl (C=O) groups is 1. The lowest BCUT2D eigenvalue weighted by Gasteiger charge is -2.09. The van der Waals surface area contributed by atoms with Crippen LogP contribution in [0.2, 0.25) is 10.2 Å². The third-order valence-electron chi connectivity index (χ3n) is 2.37. The lowest BCUT2D eigenvalue weighted by Crippen LogP contribution is -2.04. The summed E-state index contributed by atoms with van der Waals surface area (Å²) in [5.41, 5.74) is 0.367. The maximum Gasteiger partial charge on any atom is 0.338 e. The van der Waals surface area contributed by atoms with E-state index < -0.39 is 5.97 Å². The molecule has 0 saturated heterocycles. The van der Waals surface area contributed by atoms with E-state index in [1.54, 1.807) is 31.2 Å². The summed E-state index contributed by atoms with van der Waals surface area (Å²) in [7, 11) is 0. The molecule has 0 aliphatic rings. The molecule has 0 atom stereocenters. The van der Waals surface area contributed by atoms with Gasteiger partial charge in [0.25, 0.3) is 0 Å². The van der Waals surface area contributed by atoms with Crippen LogP contribution in [-0.4, -0.2) is 17.6 Å². The molecule has 0 amide bonds. The Morgan fingerprint density at radius 3 is 2.75 bits per heavy atom. The number of nitrogens with zero attached hydrogens (tertiary/aromatic N) is 1. The van der Waals surface area contributed by atoms with Crippen LogP contribution in [0.1, 0.15) is 17.3 Å². The van der Waals surface area contributed by atoms with Crippen LogP contribution in [0.4, 0.5) is 0 Å². The third kappa shape index (κ3) is 3.62. The molecule has 20 heavy (non-hydrogen) atoms. The molecule has 104 valence electrons. The molecule has 0 bridgehead atoms. The number of esters is 1. The van der Waals surface area contributed by atoms with Crippen molar-refractivity contribution in [1.82, 2.24) is 4.98 Å². The zero-order chi connectivity index (χ0) is 14.5. The molecule has 0 spiro atoms. The van der Waals surface area contributed by atoms with E-state index in [4.69, 9.17) is 32.7 Å². The lowest BCUT2D eigenvalue weighted by atomic mass is 10.2. The molecular weight excluding hydrogens is 301 g/mol. The van der Waals surface area contributed by atoms with E-state index in [2.05, 4.69) is 4.98 Å². The second-order valence-corrected chi connectivity index (χ2v) is 4.58. The zero-order valence-corrected chi connectivity index (χ0v) is 12.1. The van der Waals surface area contributed by atoms with Gasteiger partial charge in [-0.05, 0) is 31.2 Å². The molecule has 6 heteroatoms. The number of hydrogen-bond donors (Lipinski definition) is 0. The van der Waals surface area contributed by atoms with Crippen LogP contribution >= 0.6 is 23.2 Å². The van der Waals surface area contributed by atoms with Crippen LogP contribution in [0.5, 0.6) is 11.5 Å². The van der Waals surface area contributed by atoms with Crippen LogP contribution < -0.4 is 4.74 Å². The minimum Gasteiger partial charge on any atom is -0.462 e. The first-order chi connectivity index (χ1) is 9.60. The number of hydrogen-bond acceptors (Lipinski definition) is 4. The number of carbonyl (C=O) groups excluding carboxylic acids is 1. The van der Waals surface area contributed by atoms with Crippen molar-refractivity contribution in [3.63, 3.8) is 0 Å². The SMILES string of the molecule is CCOC(=O)c1ccc(Cl)c(Oc2ccnc(Cl)c2)c1. The van der Waals surface area contributed by atoms with Gasteiger partial charge in [0.15, 0.2) is 0 Å². The summed E-state index contributed by atoms with van der Waals surface area (Å²) in [4.78, 5) is 15.5. The molecule has 0 N–H and O–H groups in total. The van der Waals surface area contributed by atoms with E-state index in [1.807, 2.05) is 0 Å². The Hall–Kier alpha value is -1.78. The molecule has 2 aromatic rings. The highest BCUT2D eigenvalue weighted by molar-refractivity contribution is 6.32. The summed E-state index contributed by atoms with van der Waals surface area (Å²) in [5.74, 6) is 0.397. The van der Waals surface area contributed by atoms with Crippen LogP contribution in [-0.2, 0) is 4.74 Å². The number of halogens is 2. The Labute approximate surface area is 126 Å². The van der Waals surface area contributed by atoms with Crippen LogP contribution in [0.3, 0.4) is 0 Å². The predicted molar refractivity (Wildman–Crippen MR) is 76.7 cm³/mol. The molecular formula is C14H11Cl2NO3. The predicted octanol–water partition coefficient (Wildman–Crippen LogP) is 4.36. The average Bonchev–Trinajstić information content (AvgIpc) is 2.41. The van der Waals surface area contributed by atoms with Crippen molar-refractivity contribution in [3.8, 4) is 11.5 Å². The monoisotopic (exact) mass is 311 g/mol. The topological polar surface area (TPSA) is 48.4 Å². The fourth-order valence-electron chi connectivity index (χ4n) is 1.50. The second-order valence-electron chi connectivity index (χ2n) is 3.78. The van der Waals surface area contributed by atoms with E-state index in [0.29, 0.717) is 33.8 Å². The Balaban J connectivity index is 2.27. The minimum absolute atomic E-state index is 0.303. The highest BCUT2D eigenvalue weighted by Crippen LogP contribution is 2.31. The quantitative estimate of drug-likeness (QED) is 0.622. The van der Waals surface area contributed by atoms with Crippen molar-refractivity contribution in [3.05, 3.63) is 52.3 Å². The fourth-order valence-corrected chi connectivity index (χ4v) is 1.82. The molecule has 0 unspecified atom stereocenters. The van der Waals surface area contributed by atoms with Crippen LogP contribution in [0.15, 0.2) is 36.5 Å². The first-order valence-electron chi connectivity index (χ1n) is 5.86. The van der Waals surface area contributed by atoms with Crippen molar-refractivity contribution in [1.29, 1.82) is 0 Å². The van der Waals surface area contributed by atoms with Gasteiger partial charge in [-0.3, -0.25) is 0 Å². The van der Waals surface area contributed by atoms with E-state index in [9.17, 15) is 4.79 Å². The first kappa shape index (κ1) is 14.6. The van der Waals surface area contributed by atoms with Gasteiger partial charge in [0.2, 0.25) is 0 Å². The van der Waals surface area contributed by atoms with E-state index in [-0.39, 0.29) is 0 Å². The van der Waals surface area contributed by atoms with Gasteiger partial charge in [-0.2, -0.15) is 0 Å². The van der Waals surface area contributed by atoms with E-state index in [1.165, 1.54) is 12.3 Å². The molecule has 0 radical (unpaired) electrons. The molecule has 1 aromatic heterocycles. The molecule has 0 aliphatic carbocycles. The second kappa shape index (κ2) is 6.59. The van der Waals surface area contributed by atoms with Crippen molar-refractivity contribution < 1.29 is 14.3 Å². The zero-order valence-electron chi connectivity index (χ0n) is 10.6. The molecule has 0 fully saturated rings. The summed E-state index contributed by atoms with van der Waals surface area (Å²) in [6, 6.07) is 7.86. The molecule has 4 nitrogen and oxygen atoms in total. The van der Waals surface area contributed by atoms with Gasteiger partial charge in [0.1, 0.15) is 16.7 Å². The summed E-state index contributed by atoms with van der Waals surface area (Å²) in [6.07, 6.45) is 1.51. The van der Waals surface area contributed by atoms with Crippen molar-refractivity contribution in [2.45, 2.75) is 6.92 Å². The van der Waals surface area contributed by atoms with Crippen molar-refractivity contribution >= 4 is 29.2 Å². The van der Waals surface area contributed by atoms with Crippen molar-refractivity contribution in [2.24, 2.45) is 0 Å². The summed E-state index contributed by atoms with van der Waals surface area (Å²) in [6.45, 7) is 2.04. The van der Waals surface area contributed by atoms with Gasteiger partial charge >= 0.3 is 5.97 Å². The summed E-state index contributed by atoms with van der Waals surface area (Å²) in [5, 5.41) is 0.686. The Bertz CT molecular complexity index is 632. The van der Waals surface area contributed by atoms with E-state index in [0.717, 1.165) is 0 Å². The number of rotatable bonds is 4. The minimum atomic E-state index is -0.429. The maximum atomic E-state index is 11.7. The number of pyridine rings is 1. The normalized spacial score (nSPS) is 10.2. The Morgan fingerprint density at radius 2 is 2.05 bits per heavy atom. The Morgan fingerprint density at radius 1 is 1.25 bits per heavy atom. The molecule has 0 aliphatic heterocycles. The fraction of sp³-hybridized carbons (Fsp3) is 0.143. The highest BCUT2D eigenvalue weighted by Gasteiger charge is 2.11. The van der Waals surface area contributed by atoms with Gasteiger partial charge in [-0.1, -0.05) is 23.2 Å². The average molecular weight is 312 g/mol.